The SMILES string of the molecule is O=CNC/C=C/C(c1ccc2nc(Nc3ccc(OCc4ccccn4)c(F)c3)sc2c1)N1CCCCC1. The Morgan fingerprint density at radius 1 is 1.11 bits per heavy atom. The van der Waals surface area contributed by atoms with Gasteiger partial charge in [-0.05, 0) is 67.9 Å². The van der Waals surface area contributed by atoms with Crippen molar-refractivity contribution in [1.82, 2.24) is 20.2 Å². The molecule has 0 radical (unpaired) electrons. The molecule has 1 saturated heterocycles. The number of nitrogens with one attached hydrogen (secondary N) is 2. The third-order valence-electron chi connectivity index (χ3n) is 6.46. The van der Waals surface area contributed by atoms with Crippen LogP contribution in [0.4, 0.5) is 15.2 Å². The number of amides is 1. The normalized spacial score (nSPS) is 15.0. The van der Waals surface area contributed by atoms with E-state index < -0.39 is 5.82 Å². The molecule has 0 spiro atoms. The first kappa shape index (κ1) is 25.8. The maximum Gasteiger partial charge on any atom is 0.207 e. The molecule has 5 rings (SSSR count). The van der Waals surface area contributed by atoms with Gasteiger partial charge in [0.2, 0.25) is 6.41 Å². The van der Waals surface area contributed by atoms with Crippen molar-refractivity contribution < 1.29 is 13.9 Å². The van der Waals surface area contributed by atoms with Crippen LogP contribution in [0.2, 0.25) is 0 Å². The molecule has 9 heteroatoms. The highest BCUT2D eigenvalue weighted by molar-refractivity contribution is 7.22. The van der Waals surface area contributed by atoms with E-state index in [2.05, 4.69) is 38.7 Å². The Morgan fingerprint density at radius 3 is 2.79 bits per heavy atom. The number of anilines is 2. The van der Waals surface area contributed by atoms with Crippen LogP contribution in [0.15, 0.2) is 72.9 Å². The van der Waals surface area contributed by atoms with E-state index in [0.29, 0.717) is 23.8 Å². The fraction of sp³-hybridized carbons (Fsp3) is 0.276. The predicted molar refractivity (Wildman–Crippen MR) is 149 cm³/mol. The molecule has 1 amide bonds. The van der Waals surface area contributed by atoms with Crippen molar-refractivity contribution in [3.05, 3.63) is 90.0 Å². The second-order valence-corrected chi connectivity index (χ2v) is 10.2. The number of pyridine rings is 1. The molecule has 1 aliphatic rings. The molecular weight excluding hydrogens is 501 g/mol. The molecule has 0 aliphatic carbocycles. The summed E-state index contributed by atoms with van der Waals surface area (Å²) in [5.74, 6) is -0.273. The van der Waals surface area contributed by atoms with Gasteiger partial charge >= 0.3 is 0 Å². The maximum absolute atomic E-state index is 14.7. The summed E-state index contributed by atoms with van der Waals surface area (Å²) >= 11 is 1.53. The standard InChI is InChI=1S/C29H30FN5O2S/c30-24-18-22(10-12-27(24)37-19-23-7-2-3-14-32-23)33-29-34-25-11-9-21(17-28(25)38-29)26(8-6-13-31-20-36)35-15-4-1-5-16-35/h2-3,6-12,14,17-18,20,26H,1,4-5,13,15-16,19H2,(H,31,36)(H,33,34)/b8-6+. The minimum atomic E-state index is -0.449. The number of carbonyl (C=O) groups excluding carboxylic acids is 1. The van der Waals surface area contributed by atoms with Gasteiger partial charge in [0.25, 0.3) is 0 Å². The lowest BCUT2D eigenvalue weighted by Crippen LogP contribution is -2.33. The van der Waals surface area contributed by atoms with Crippen LogP contribution in [0.25, 0.3) is 10.2 Å². The van der Waals surface area contributed by atoms with Crippen LogP contribution < -0.4 is 15.4 Å². The Balaban J connectivity index is 1.30. The van der Waals surface area contributed by atoms with Gasteiger partial charge in [-0.25, -0.2) is 9.37 Å². The number of rotatable bonds is 11. The van der Waals surface area contributed by atoms with Crippen molar-refractivity contribution in [2.24, 2.45) is 0 Å². The van der Waals surface area contributed by atoms with Gasteiger partial charge in [-0.15, -0.1) is 0 Å². The number of hydrogen-bond donors (Lipinski definition) is 2. The van der Waals surface area contributed by atoms with Crippen LogP contribution in [0.5, 0.6) is 5.75 Å². The number of benzene rings is 2. The lowest BCUT2D eigenvalue weighted by atomic mass is 10.0. The summed E-state index contributed by atoms with van der Waals surface area (Å²) < 4.78 is 21.3. The van der Waals surface area contributed by atoms with Gasteiger partial charge in [0.1, 0.15) is 6.61 Å². The topological polar surface area (TPSA) is 79.4 Å². The number of nitrogens with zero attached hydrogens (tertiary/aromatic N) is 3. The van der Waals surface area contributed by atoms with Crippen molar-refractivity contribution >= 4 is 38.8 Å². The number of thiazole rings is 1. The molecule has 1 unspecified atom stereocenters. The van der Waals surface area contributed by atoms with Gasteiger partial charge in [-0.2, -0.15) is 0 Å². The van der Waals surface area contributed by atoms with Gasteiger partial charge in [0, 0.05) is 24.5 Å². The Hall–Kier alpha value is -3.82. The monoisotopic (exact) mass is 531 g/mol. The van der Waals surface area contributed by atoms with E-state index >= 15 is 0 Å². The Labute approximate surface area is 225 Å². The Morgan fingerprint density at radius 2 is 2.00 bits per heavy atom. The molecule has 2 aromatic carbocycles. The summed E-state index contributed by atoms with van der Waals surface area (Å²) in [6, 6.07) is 16.8. The first-order chi connectivity index (χ1) is 18.7. The second kappa shape index (κ2) is 12.6. The zero-order chi connectivity index (χ0) is 26.2. The van der Waals surface area contributed by atoms with Crippen LogP contribution in [0.1, 0.15) is 36.6 Å². The highest BCUT2D eigenvalue weighted by Gasteiger charge is 2.21. The number of likely N-dealkylation sites (tertiary alicyclic amines) is 1. The lowest BCUT2D eigenvalue weighted by molar-refractivity contribution is -0.109. The molecule has 2 aromatic heterocycles. The zero-order valence-electron chi connectivity index (χ0n) is 21.0. The average molecular weight is 532 g/mol. The van der Waals surface area contributed by atoms with Crippen LogP contribution in [0.3, 0.4) is 0 Å². The smallest absolute Gasteiger partial charge is 0.207 e. The summed E-state index contributed by atoms with van der Waals surface area (Å²) in [7, 11) is 0. The molecule has 0 saturated carbocycles. The largest absolute Gasteiger partial charge is 0.484 e. The number of piperidine rings is 1. The molecule has 0 bridgehead atoms. The van der Waals surface area contributed by atoms with Crippen LogP contribution in [-0.4, -0.2) is 40.9 Å². The van der Waals surface area contributed by atoms with E-state index in [1.54, 1.807) is 18.3 Å². The van der Waals surface area contributed by atoms with E-state index in [9.17, 15) is 9.18 Å². The number of hydrogen-bond acceptors (Lipinski definition) is 7. The molecule has 1 fully saturated rings. The number of halogens is 1. The lowest BCUT2D eigenvalue weighted by Gasteiger charge is -2.33. The van der Waals surface area contributed by atoms with E-state index in [1.807, 2.05) is 30.3 Å². The highest BCUT2D eigenvalue weighted by atomic mass is 32.1. The van der Waals surface area contributed by atoms with Crippen LogP contribution >= 0.6 is 11.3 Å². The number of aromatic nitrogens is 2. The van der Waals surface area contributed by atoms with Crippen LogP contribution in [-0.2, 0) is 11.4 Å². The predicted octanol–water partition coefficient (Wildman–Crippen LogP) is 5.98. The third kappa shape index (κ3) is 6.54. The van der Waals surface area contributed by atoms with Gasteiger partial charge in [-0.3, -0.25) is 14.7 Å². The van der Waals surface area contributed by atoms with Crippen molar-refractivity contribution in [3.63, 3.8) is 0 Å². The van der Waals surface area contributed by atoms with Crippen molar-refractivity contribution in [3.8, 4) is 5.75 Å². The average Bonchev–Trinajstić information content (AvgIpc) is 3.35. The number of fused-ring (bicyclic) bond motifs is 1. The Bertz CT molecular complexity index is 1390. The summed E-state index contributed by atoms with van der Waals surface area (Å²) in [6.45, 7) is 2.81. The molecule has 3 heterocycles. The summed E-state index contributed by atoms with van der Waals surface area (Å²) in [6.07, 6.45) is 10.2. The van der Waals surface area contributed by atoms with Crippen molar-refractivity contribution in [2.45, 2.75) is 31.9 Å². The quantitative estimate of drug-likeness (QED) is 0.141. The van der Waals surface area contributed by atoms with Gasteiger partial charge in [0.15, 0.2) is 16.7 Å². The maximum atomic E-state index is 14.7. The molecule has 7 nitrogen and oxygen atoms in total. The number of carbonyl (C=O) groups is 1. The fourth-order valence-corrected chi connectivity index (χ4v) is 5.52. The molecule has 2 N–H and O–H groups in total. The first-order valence-corrected chi connectivity index (χ1v) is 13.6. The van der Waals surface area contributed by atoms with E-state index in [4.69, 9.17) is 9.72 Å². The zero-order valence-corrected chi connectivity index (χ0v) is 21.8. The van der Waals surface area contributed by atoms with E-state index in [-0.39, 0.29) is 18.4 Å². The molecule has 1 aliphatic heterocycles. The van der Waals surface area contributed by atoms with E-state index in [0.717, 1.165) is 29.0 Å². The molecule has 38 heavy (non-hydrogen) atoms. The first-order valence-electron chi connectivity index (χ1n) is 12.8. The summed E-state index contributed by atoms with van der Waals surface area (Å²) in [4.78, 5) is 22.0. The summed E-state index contributed by atoms with van der Waals surface area (Å²) in [5, 5.41) is 6.62. The minimum absolute atomic E-state index is 0.138. The third-order valence-corrected chi connectivity index (χ3v) is 7.39. The Kier molecular flexibility index (Phi) is 8.57. The van der Waals surface area contributed by atoms with Gasteiger partial charge in [0.05, 0.1) is 22.0 Å². The van der Waals surface area contributed by atoms with Crippen LogP contribution in [0, 0.1) is 5.82 Å². The molecule has 196 valence electrons. The fourth-order valence-electron chi connectivity index (χ4n) is 4.59. The highest BCUT2D eigenvalue weighted by Crippen LogP contribution is 2.34. The minimum Gasteiger partial charge on any atom is -0.484 e. The molecule has 4 aromatic rings. The summed E-state index contributed by atoms with van der Waals surface area (Å²) in [5.41, 5.74) is 3.42. The molecule has 1 atom stereocenters. The number of ether oxygens (including phenoxy) is 1. The van der Waals surface area contributed by atoms with E-state index in [1.165, 1.54) is 42.2 Å². The van der Waals surface area contributed by atoms with Crippen molar-refractivity contribution in [1.29, 1.82) is 0 Å². The van der Waals surface area contributed by atoms with Crippen molar-refractivity contribution in [2.75, 3.05) is 25.0 Å². The van der Waals surface area contributed by atoms with Gasteiger partial charge in [-0.1, -0.05) is 42.0 Å². The molecular formula is C29H30FN5O2S. The second-order valence-electron chi connectivity index (χ2n) is 9.12. The van der Waals surface area contributed by atoms with Gasteiger partial charge < -0.3 is 15.4 Å².